The van der Waals surface area contributed by atoms with Gasteiger partial charge in [0.25, 0.3) is 0 Å². The molecule has 1 amide bonds. The van der Waals surface area contributed by atoms with Crippen LogP contribution in [0.2, 0.25) is 0 Å². The Morgan fingerprint density at radius 2 is 0.947 bits per heavy atom. The van der Waals surface area contributed by atoms with Gasteiger partial charge in [-0.3, -0.25) is 9.59 Å². The molecule has 1 heterocycles. The maximum atomic E-state index is 13.4. The van der Waals surface area contributed by atoms with Crippen LogP contribution in [0.15, 0.2) is 60.8 Å². The third kappa shape index (κ3) is 40.5. The minimum atomic E-state index is -1.62. The fourth-order valence-corrected chi connectivity index (χ4v) is 9.66. The van der Waals surface area contributed by atoms with Crippen molar-refractivity contribution < 1.29 is 49.3 Å². The lowest BCUT2D eigenvalue weighted by molar-refractivity contribution is -0.305. The number of rotatable bonds is 53. The van der Waals surface area contributed by atoms with Crippen LogP contribution in [0.5, 0.6) is 0 Å². The molecule has 1 aliphatic rings. The van der Waals surface area contributed by atoms with Crippen molar-refractivity contribution in [2.75, 3.05) is 13.2 Å². The van der Waals surface area contributed by atoms with E-state index in [4.69, 9.17) is 14.2 Å². The van der Waals surface area contributed by atoms with Crippen LogP contribution in [-0.4, -0.2) is 99.6 Å². The Morgan fingerprint density at radius 1 is 0.526 bits per heavy atom. The Hall–Kier alpha value is -2.64. The van der Waals surface area contributed by atoms with Crippen LogP contribution in [0.3, 0.4) is 0 Å². The number of hydrogen-bond donors (Lipinski definition) is 6. The maximum Gasteiger partial charge on any atom is 0.306 e. The molecule has 11 nitrogen and oxygen atoms in total. The van der Waals surface area contributed by atoms with E-state index in [1.165, 1.54) is 148 Å². The number of esters is 1. The molecule has 0 aromatic carbocycles. The SMILES string of the molecule is CC/C=C/C/C=C/C/C=C/CCCCCCC(=O)OC1C(OCC(NC(=O)C(O)CCCCCCCCCCCCCC/C=C/CCCCCCCC)C(O)/C=C/CCCCCCCCCCC)OC(CO)C(O)C1O. The first-order valence-electron chi connectivity index (χ1n) is 31.6. The largest absolute Gasteiger partial charge is 0.454 e. The number of nitrogens with one attached hydrogen (secondary N) is 1. The lowest BCUT2D eigenvalue weighted by atomic mass is 9.99. The molecule has 1 fully saturated rings. The van der Waals surface area contributed by atoms with Crippen molar-refractivity contribution in [2.24, 2.45) is 0 Å². The van der Waals surface area contributed by atoms with Crippen LogP contribution in [0.1, 0.15) is 278 Å². The first-order valence-corrected chi connectivity index (χ1v) is 31.6. The summed E-state index contributed by atoms with van der Waals surface area (Å²) >= 11 is 0. The molecule has 76 heavy (non-hydrogen) atoms. The molecule has 11 heteroatoms. The lowest BCUT2D eigenvalue weighted by Crippen LogP contribution is -2.61. The molecule has 0 aliphatic carbocycles. The molecule has 1 rings (SSSR count). The summed E-state index contributed by atoms with van der Waals surface area (Å²) in [6, 6.07) is -1.03. The molecule has 442 valence electrons. The minimum Gasteiger partial charge on any atom is -0.454 e. The van der Waals surface area contributed by atoms with Crippen LogP contribution in [0.4, 0.5) is 0 Å². The predicted octanol–water partition coefficient (Wildman–Crippen LogP) is 15.0. The van der Waals surface area contributed by atoms with Gasteiger partial charge < -0.3 is 45.1 Å². The highest BCUT2D eigenvalue weighted by Gasteiger charge is 2.47. The van der Waals surface area contributed by atoms with E-state index in [9.17, 15) is 35.1 Å². The molecule has 0 radical (unpaired) electrons. The summed E-state index contributed by atoms with van der Waals surface area (Å²) in [5, 5.41) is 56.9. The van der Waals surface area contributed by atoms with E-state index >= 15 is 0 Å². The van der Waals surface area contributed by atoms with Gasteiger partial charge in [0.2, 0.25) is 5.91 Å². The van der Waals surface area contributed by atoms with Crippen molar-refractivity contribution in [1.82, 2.24) is 5.32 Å². The molecular formula is C65H117NO10. The molecule has 0 saturated carbocycles. The van der Waals surface area contributed by atoms with Gasteiger partial charge in [0.05, 0.1) is 25.4 Å². The van der Waals surface area contributed by atoms with Gasteiger partial charge in [-0.1, -0.05) is 248 Å². The number of aliphatic hydroxyl groups excluding tert-OH is 5. The Labute approximate surface area is 465 Å². The number of aliphatic hydroxyl groups is 5. The number of ether oxygens (including phenoxy) is 3. The summed E-state index contributed by atoms with van der Waals surface area (Å²) < 4.78 is 17.6. The van der Waals surface area contributed by atoms with Crippen molar-refractivity contribution in [3.05, 3.63) is 60.8 Å². The Balaban J connectivity index is 2.63. The second kappa shape index (κ2) is 53.0. The molecule has 0 aromatic rings. The fraction of sp³-hybridized carbons (Fsp3) is 0.815. The van der Waals surface area contributed by atoms with Crippen molar-refractivity contribution in [1.29, 1.82) is 0 Å². The molecule has 0 bridgehead atoms. The van der Waals surface area contributed by atoms with Gasteiger partial charge in [0.1, 0.15) is 24.4 Å². The van der Waals surface area contributed by atoms with E-state index in [-0.39, 0.29) is 19.4 Å². The second-order valence-corrected chi connectivity index (χ2v) is 21.8. The maximum absolute atomic E-state index is 13.4. The van der Waals surface area contributed by atoms with Gasteiger partial charge in [-0.25, -0.2) is 0 Å². The van der Waals surface area contributed by atoms with Crippen LogP contribution in [0.25, 0.3) is 0 Å². The van der Waals surface area contributed by atoms with Crippen LogP contribution < -0.4 is 5.32 Å². The number of carbonyl (C=O) groups excluding carboxylic acids is 2. The van der Waals surface area contributed by atoms with E-state index in [1.807, 2.05) is 6.08 Å². The normalized spacial score (nSPS) is 19.5. The van der Waals surface area contributed by atoms with E-state index in [2.05, 4.69) is 74.7 Å². The van der Waals surface area contributed by atoms with Gasteiger partial charge in [-0.2, -0.15) is 0 Å². The average Bonchev–Trinajstić information content (AvgIpc) is 3.42. The van der Waals surface area contributed by atoms with Crippen molar-refractivity contribution in [3.63, 3.8) is 0 Å². The van der Waals surface area contributed by atoms with Gasteiger partial charge >= 0.3 is 5.97 Å². The molecule has 8 unspecified atom stereocenters. The number of unbranched alkanes of at least 4 members (excludes halogenated alkanes) is 31. The van der Waals surface area contributed by atoms with E-state index in [0.29, 0.717) is 12.8 Å². The second-order valence-electron chi connectivity index (χ2n) is 21.8. The third-order valence-electron chi connectivity index (χ3n) is 14.7. The van der Waals surface area contributed by atoms with Crippen LogP contribution in [0, 0.1) is 0 Å². The standard InChI is InChI=1S/C65H117NO10/c1-4-7-10-13-16-19-22-24-26-27-28-29-30-31-32-33-34-37-40-43-46-49-52-58(69)64(73)66-56(57(68)51-48-45-42-39-36-21-18-15-12-9-6-3)55-74-65-63(62(72)61(71)59(54-67)75-65)76-60(70)53-50-47-44-41-38-35-25-23-20-17-14-11-8-5-2/h8,11,17,20,24-26,35,48,51,56-59,61-63,65,67-69,71-72H,4-7,9-10,12-16,18-19,21-23,27-34,36-47,49-50,52-55H2,1-3H3,(H,66,73)/b11-8+,20-17+,26-24+,35-25+,51-48+. The van der Waals surface area contributed by atoms with Gasteiger partial charge in [-0.15, -0.1) is 0 Å². The third-order valence-corrected chi connectivity index (χ3v) is 14.7. The fourth-order valence-electron chi connectivity index (χ4n) is 9.66. The molecule has 8 atom stereocenters. The van der Waals surface area contributed by atoms with E-state index < -0.39 is 67.4 Å². The highest BCUT2D eigenvalue weighted by molar-refractivity contribution is 5.80. The highest BCUT2D eigenvalue weighted by atomic mass is 16.7. The van der Waals surface area contributed by atoms with E-state index in [1.54, 1.807) is 6.08 Å². The highest BCUT2D eigenvalue weighted by Crippen LogP contribution is 2.26. The average molecular weight is 1070 g/mol. The Bertz CT molecular complexity index is 1460. The first kappa shape index (κ1) is 71.4. The molecule has 0 aromatic heterocycles. The van der Waals surface area contributed by atoms with Crippen molar-refractivity contribution in [2.45, 2.75) is 327 Å². The summed E-state index contributed by atoms with van der Waals surface area (Å²) in [7, 11) is 0. The van der Waals surface area contributed by atoms with E-state index in [0.717, 1.165) is 83.5 Å². The van der Waals surface area contributed by atoms with Gasteiger partial charge in [0, 0.05) is 6.42 Å². The molecule has 1 aliphatic heterocycles. The monoisotopic (exact) mass is 1070 g/mol. The zero-order valence-electron chi connectivity index (χ0n) is 48.9. The summed E-state index contributed by atoms with van der Waals surface area (Å²) in [6.07, 6.45) is 55.6. The molecule has 0 spiro atoms. The molecule has 1 saturated heterocycles. The summed E-state index contributed by atoms with van der Waals surface area (Å²) in [6.45, 7) is 5.66. The Kier molecular flexibility index (Phi) is 49.8. The number of carbonyl (C=O) groups is 2. The van der Waals surface area contributed by atoms with Crippen LogP contribution in [-0.2, 0) is 23.8 Å². The molecule has 6 N–H and O–H groups in total. The lowest BCUT2D eigenvalue weighted by Gasteiger charge is -2.41. The van der Waals surface area contributed by atoms with Crippen LogP contribution >= 0.6 is 0 Å². The quantitative estimate of drug-likeness (QED) is 0.0195. The minimum absolute atomic E-state index is 0.0970. The predicted molar refractivity (Wildman–Crippen MR) is 315 cm³/mol. The van der Waals surface area contributed by atoms with Gasteiger partial charge in [-0.05, 0) is 83.5 Å². The number of hydrogen-bond acceptors (Lipinski definition) is 10. The van der Waals surface area contributed by atoms with Gasteiger partial charge in [0.15, 0.2) is 12.4 Å². The topological polar surface area (TPSA) is 175 Å². The summed E-state index contributed by atoms with van der Waals surface area (Å²) in [4.78, 5) is 26.5. The first-order chi connectivity index (χ1) is 37.2. The zero-order chi connectivity index (χ0) is 55.4. The van der Waals surface area contributed by atoms with Crippen molar-refractivity contribution in [3.8, 4) is 0 Å². The van der Waals surface area contributed by atoms with Crippen molar-refractivity contribution >= 4 is 11.9 Å². The number of amides is 1. The number of allylic oxidation sites excluding steroid dienone is 9. The molecular weight excluding hydrogens is 955 g/mol. The Morgan fingerprint density at radius 3 is 1.43 bits per heavy atom. The zero-order valence-corrected chi connectivity index (χ0v) is 48.9. The smallest absolute Gasteiger partial charge is 0.306 e. The summed E-state index contributed by atoms with van der Waals surface area (Å²) in [5.41, 5.74) is 0. The summed E-state index contributed by atoms with van der Waals surface area (Å²) in [5.74, 6) is -1.21.